The molecule has 1 aliphatic carbocycles. The Balaban J connectivity index is 1.69. The average Bonchev–Trinajstić information content (AvgIpc) is 3.16. The van der Waals surface area contributed by atoms with E-state index in [0.717, 1.165) is 29.9 Å². The van der Waals surface area contributed by atoms with Gasteiger partial charge in [-0.05, 0) is 44.4 Å². The molecular formula is C16H17N5OS. The van der Waals surface area contributed by atoms with E-state index in [0.29, 0.717) is 22.4 Å². The van der Waals surface area contributed by atoms with Crippen LogP contribution in [0.15, 0.2) is 24.3 Å². The van der Waals surface area contributed by atoms with Crippen molar-refractivity contribution < 1.29 is 4.79 Å². The third kappa shape index (κ3) is 2.50. The quantitative estimate of drug-likeness (QED) is 0.739. The highest BCUT2D eigenvalue weighted by Crippen LogP contribution is 2.39. The number of hydrogen-bond donors (Lipinski definition) is 0. The Kier molecular flexibility index (Phi) is 3.37. The summed E-state index contributed by atoms with van der Waals surface area (Å²) in [6.45, 7) is 4.58. The normalized spacial score (nSPS) is 14.3. The highest BCUT2D eigenvalue weighted by Gasteiger charge is 2.31. The van der Waals surface area contributed by atoms with Gasteiger partial charge in [0.25, 0.3) is 5.91 Å². The third-order valence-electron chi connectivity index (χ3n) is 4.02. The molecule has 6 nitrogen and oxygen atoms in total. The number of hydrogen-bond acceptors (Lipinski definition) is 5. The lowest BCUT2D eigenvalue weighted by Crippen LogP contribution is -2.30. The molecule has 0 unspecified atom stereocenters. The van der Waals surface area contributed by atoms with Crippen molar-refractivity contribution in [1.29, 1.82) is 0 Å². The molecule has 0 radical (unpaired) electrons. The van der Waals surface area contributed by atoms with Crippen molar-refractivity contribution in [2.45, 2.75) is 32.6 Å². The molecular weight excluding hydrogens is 310 g/mol. The summed E-state index contributed by atoms with van der Waals surface area (Å²) in [5.74, 6) is 1.25. The standard InChI is InChI=1S/C16H17N5OS/c1-3-20(12-6-4-5-10(2)9-12)15(22)14-19-21-13(11-7-8-11)17-18-16(21)23-14/h4-6,9,11H,3,7-8H2,1-2H3. The van der Waals surface area contributed by atoms with E-state index in [9.17, 15) is 4.79 Å². The van der Waals surface area contributed by atoms with E-state index in [-0.39, 0.29) is 5.91 Å². The summed E-state index contributed by atoms with van der Waals surface area (Å²) in [7, 11) is 0. The first kappa shape index (κ1) is 14.3. The minimum atomic E-state index is -0.0876. The summed E-state index contributed by atoms with van der Waals surface area (Å²) in [6.07, 6.45) is 2.26. The van der Waals surface area contributed by atoms with Gasteiger partial charge in [0, 0.05) is 18.2 Å². The molecule has 7 heteroatoms. The Bertz CT molecular complexity index is 880. The summed E-state index contributed by atoms with van der Waals surface area (Å²) in [4.78, 5) is 15.3. The van der Waals surface area contributed by atoms with E-state index in [2.05, 4.69) is 15.3 Å². The van der Waals surface area contributed by atoms with Gasteiger partial charge < -0.3 is 4.90 Å². The number of fused-ring (bicyclic) bond motifs is 1. The minimum Gasteiger partial charge on any atom is -0.307 e. The van der Waals surface area contributed by atoms with E-state index < -0.39 is 0 Å². The van der Waals surface area contributed by atoms with Crippen LogP contribution in [0.4, 0.5) is 5.69 Å². The van der Waals surface area contributed by atoms with Crippen molar-refractivity contribution >= 4 is 27.9 Å². The second kappa shape index (κ2) is 5.42. The molecule has 3 aromatic rings. The molecule has 1 amide bonds. The summed E-state index contributed by atoms with van der Waals surface area (Å²) < 4.78 is 1.74. The molecule has 0 aliphatic heterocycles. The molecule has 0 bridgehead atoms. The molecule has 0 spiro atoms. The van der Waals surface area contributed by atoms with Crippen molar-refractivity contribution in [1.82, 2.24) is 19.8 Å². The number of aryl methyl sites for hydroxylation is 1. The third-order valence-corrected chi connectivity index (χ3v) is 4.90. The number of benzene rings is 1. The fourth-order valence-corrected chi connectivity index (χ4v) is 3.46. The molecule has 118 valence electrons. The molecule has 0 N–H and O–H groups in total. The Labute approximate surface area is 137 Å². The molecule has 2 heterocycles. The van der Waals surface area contributed by atoms with E-state index >= 15 is 0 Å². The highest BCUT2D eigenvalue weighted by atomic mass is 32.1. The van der Waals surface area contributed by atoms with Crippen LogP contribution in [0.2, 0.25) is 0 Å². The summed E-state index contributed by atoms with van der Waals surface area (Å²) in [5, 5.41) is 13.3. The van der Waals surface area contributed by atoms with E-state index in [1.807, 2.05) is 38.1 Å². The Morgan fingerprint density at radius 1 is 1.39 bits per heavy atom. The number of amides is 1. The van der Waals surface area contributed by atoms with Crippen LogP contribution in [0, 0.1) is 6.92 Å². The molecule has 0 saturated heterocycles. The van der Waals surface area contributed by atoms with E-state index in [1.54, 1.807) is 9.42 Å². The monoisotopic (exact) mass is 327 g/mol. The van der Waals surface area contributed by atoms with Gasteiger partial charge in [-0.25, -0.2) is 0 Å². The number of aromatic nitrogens is 4. The largest absolute Gasteiger partial charge is 0.307 e. The van der Waals surface area contributed by atoms with Crippen molar-refractivity contribution in [3.8, 4) is 0 Å². The lowest BCUT2D eigenvalue weighted by Gasteiger charge is -2.19. The highest BCUT2D eigenvalue weighted by molar-refractivity contribution is 7.18. The zero-order valence-corrected chi connectivity index (χ0v) is 13.9. The smallest absolute Gasteiger partial charge is 0.289 e. The van der Waals surface area contributed by atoms with Crippen molar-refractivity contribution in [3.63, 3.8) is 0 Å². The van der Waals surface area contributed by atoms with Gasteiger partial charge in [0.05, 0.1) is 0 Å². The van der Waals surface area contributed by atoms with Gasteiger partial charge in [-0.3, -0.25) is 4.79 Å². The molecule has 1 aliphatic rings. The predicted molar refractivity (Wildman–Crippen MR) is 89.2 cm³/mol. The number of rotatable bonds is 4. The van der Waals surface area contributed by atoms with Gasteiger partial charge >= 0.3 is 0 Å². The number of carbonyl (C=O) groups excluding carboxylic acids is 1. The van der Waals surface area contributed by atoms with Gasteiger partial charge in [0.15, 0.2) is 5.82 Å². The van der Waals surface area contributed by atoms with Crippen molar-refractivity contribution in [2.24, 2.45) is 0 Å². The molecule has 4 rings (SSSR count). The van der Waals surface area contributed by atoms with E-state index in [4.69, 9.17) is 0 Å². The summed E-state index contributed by atoms with van der Waals surface area (Å²) in [6, 6.07) is 7.94. The van der Waals surface area contributed by atoms with Crippen molar-refractivity contribution in [3.05, 3.63) is 40.7 Å². The fraction of sp³-hybridized carbons (Fsp3) is 0.375. The second-order valence-electron chi connectivity index (χ2n) is 5.82. The maximum Gasteiger partial charge on any atom is 0.289 e. The van der Waals surface area contributed by atoms with Crippen LogP contribution in [0.3, 0.4) is 0 Å². The van der Waals surface area contributed by atoms with Crippen LogP contribution in [0.5, 0.6) is 0 Å². The first-order valence-corrected chi connectivity index (χ1v) is 8.59. The average molecular weight is 327 g/mol. The van der Waals surface area contributed by atoms with Crippen LogP contribution < -0.4 is 4.90 Å². The first-order valence-electron chi connectivity index (χ1n) is 7.78. The van der Waals surface area contributed by atoms with Crippen LogP contribution in [0.25, 0.3) is 4.96 Å². The maximum atomic E-state index is 12.9. The zero-order chi connectivity index (χ0) is 16.0. The molecule has 1 fully saturated rings. The first-order chi connectivity index (χ1) is 11.2. The minimum absolute atomic E-state index is 0.0876. The fourth-order valence-electron chi connectivity index (χ4n) is 2.67. The number of anilines is 1. The van der Waals surface area contributed by atoms with Gasteiger partial charge in [-0.2, -0.15) is 4.52 Å². The van der Waals surface area contributed by atoms with E-state index in [1.165, 1.54) is 11.3 Å². The molecule has 1 saturated carbocycles. The van der Waals surface area contributed by atoms with Crippen molar-refractivity contribution in [2.75, 3.05) is 11.4 Å². The van der Waals surface area contributed by atoms with Gasteiger partial charge in [-0.1, -0.05) is 23.5 Å². The molecule has 2 aromatic heterocycles. The summed E-state index contributed by atoms with van der Waals surface area (Å²) in [5.41, 5.74) is 2.02. The van der Waals surface area contributed by atoms with Gasteiger partial charge in [0.1, 0.15) is 0 Å². The summed E-state index contributed by atoms with van der Waals surface area (Å²) >= 11 is 1.30. The van der Waals surface area contributed by atoms with Gasteiger partial charge in [0.2, 0.25) is 9.97 Å². The Morgan fingerprint density at radius 2 is 2.22 bits per heavy atom. The number of nitrogens with zero attached hydrogens (tertiary/aromatic N) is 5. The molecule has 1 aromatic carbocycles. The predicted octanol–water partition coefficient (Wildman–Crippen LogP) is 3.04. The van der Waals surface area contributed by atoms with Crippen LogP contribution in [-0.2, 0) is 0 Å². The molecule has 0 atom stereocenters. The van der Waals surface area contributed by atoms with Gasteiger partial charge in [-0.15, -0.1) is 15.3 Å². The molecule has 23 heavy (non-hydrogen) atoms. The Hall–Kier alpha value is -2.28. The van der Waals surface area contributed by atoms with Crippen LogP contribution in [-0.4, -0.2) is 32.3 Å². The lowest BCUT2D eigenvalue weighted by molar-refractivity contribution is 0.0987. The zero-order valence-electron chi connectivity index (χ0n) is 13.1. The van der Waals surface area contributed by atoms with Crippen LogP contribution in [0.1, 0.15) is 46.9 Å². The Morgan fingerprint density at radius 3 is 2.91 bits per heavy atom. The SMILES string of the molecule is CCN(C(=O)c1nn2c(C3CC3)nnc2s1)c1cccc(C)c1. The topological polar surface area (TPSA) is 63.4 Å². The lowest BCUT2D eigenvalue weighted by atomic mass is 10.2. The number of carbonyl (C=O) groups is 1. The van der Waals surface area contributed by atoms with Crippen LogP contribution >= 0.6 is 11.3 Å². The second-order valence-corrected chi connectivity index (χ2v) is 6.78. The maximum absolute atomic E-state index is 12.9.